The van der Waals surface area contributed by atoms with Gasteiger partial charge in [-0.1, -0.05) is 0 Å². The molecule has 0 unspecified atom stereocenters. The third-order valence-electron chi connectivity index (χ3n) is 1.91. The van der Waals surface area contributed by atoms with Gasteiger partial charge in [-0.3, -0.25) is 9.89 Å². The van der Waals surface area contributed by atoms with E-state index in [1.54, 1.807) is 12.3 Å². The Morgan fingerprint density at radius 3 is 2.87 bits per heavy atom. The van der Waals surface area contributed by atoms with Gasteiger partial charge in [0.05, 0.1) is 24.2 Å². The van der Waals surface area contributed by atoms with Crippen molar-refractivity contribution in [3.8, 4) is 0 Å². The fraction of sp³-hybridized carbons (Fsp3) is 0.111. The normalized spacial score (nSPS) is 9.93. The van der Waals surface area contributed by atoms with Gasteiger partial charge in [0.25, 0.3) is 5.91 Å². The Morgan fingerprint density at radius 1 is 1.40 bits per heavy atom. The van der Waals surface area contributed by atoms with Gasteiger partial charge in [0.1, 0.15) is 5.82 Å². The van der Waals surface area contributed by atoms with Crippen LogP contribution in [0.4, 0.5) is 5.82 Å². The number of carbonyl (C=O) groups is 1. The first-order valence-corrected chi connectivity index (χ1v) is 4.35. The first-order valence-electron chi connectivity index (χ1n) is 4.35. The molecule has 0 aliphatic carbocycles. The molecule has 0 radical (unpaired) electrons. The van der Waals surface area contributed by atoms with Gasteiger partial charge in [0.2, 0.25) is 0 Å². The summed E-state index contributed by atoms with van der Waals surface area (Å²) in [5.74, 6) is 0.356. The summed E-state index contributed by atoms with van der Waals surface area (Å²) < 4.78 is 0. The lowest BCUT2D eigenvalue weighted by Crippen LogP contribution is -2.13. The molecule has 6 nitrogen and oxygen atoms in total. The van der Waals surface area contributed by atoms with Gasteiger partial charge in [-0.05, 0) is 13.0 Å². The first kappa shape index (κ1) is 9.32. The maximum absolute atomic E-state index is 11.6. The number of aromatic nitrogens is 4. The largest absolute Gasteiger partial charge is 0.307 e. The summed E-state index contributed by atoms with van der Waals surface area (Å²) >= 11 is 0. The Labute approximate surface area is 85.7 Å². The third kappa shape index (κ3) is 1.98. The number of aromatic amines is 1. The van der Waals surface area contributed by atoms with Crippen molar-refractivity contribution >= 4 is 11.7 Å². The molecule has 2 heterocycles. The average molecular weight is 203 g/mol. The highest BCUT2D eigenvalue weighted by Crippen LogP contribution is 2.09. The average Bonchev–Trinajstić information content (AvgIpc) is 2.66. The monoisotopic (exact) mass is 203 g/mol. The van der Waals surface area contributed by atoms with Crippen LogP contribution in [0.15, 0.2) is 24.7 Å². The molecule has 0 atom stereocenters. The number of hydrogen-bond acceptors (Lipinski definition) is 4. The van der Waals surface area contributed by atoms with E-state index in [-0.39, 0.29) is 5.91 Å². The highest BCUT2D eigenvalue weighted by molar-refractivity contribution is 6.03. The number of hydrogen-bond donors (Lipinski definition) is 2. The molecule has 2 N–H and O–H groups in total. The van der Waals surface area contributed by atoms with E-state index in [9.17, 15) is 4.79 Å². The minimum Gasteiger partial charge on any atom is -0.307 e. The molecule has 2 aromatic rings. The zero-order valence-corrected chi connectivity index (χ0v) is 8.06. The molecule has 0 aliphatic rings. The van der Waals surface area contributed by atoms with Crippen LogP contribution in [-0.4, -0.2) is 26.3 Å². The Balaban J connectivity index is 2.15. The Hall–Kier alpha value is -2.24. The van der Waals surface area contributed by atoms with Crippen molar-refractivity contribution in [3.05, 3.63) is 35.8 Å². The van der Waals surface area contributed by atoms with Crippen LogP contribution in [-0.2, 0) is 0 Å². The van der Waals surface area contributed by atoms with Gasteiger partial charge in [-0.2, -0.15) is 15.3 Å². The quantitative estimate of drug-likeness (QED) is 0.754. The van der Waals surface area contributed by atoms with Crippen LogP contribution in [0, 0.1) is 6.92 Å². The van der Waals surface area contributed by atoms with Crippen molar-refractivity contribution in [2.45, 2.75) is 6.92 Å². The van der Waals surface area contributed by atoms with E-state index in [2.05, 4.69) is 25.7 Å². The van der Waals surface area contributed by atoms with Crippen LogP contribution < -0.4 is 5.32 Å². The zero-order valence-electron chi connectivity index (χ0n) is 8.06. The number of amides is 1. The molecule has 0 fully saturated rings. The second kappa shape index (κ2) is 3.87. The topological polar surface area (TPSA) is 83.6 Å². The lowest BCUT2D eigenvalue weighted by Gasteiger charge is -2.02. The molecular formula is C9H9N5O. The molecule has 76 valence electrons. The molecular weight excluding hydrogens is 194 g/mol. The summed E-state index contributed by atoms with van der Waals surface area (Å²) in [5.41, 5.74) is 1.34. The van der Waals surface area contributed by atoms with Gasteiger partial charge in [0, 0.05) is 5.56 Å². The molecule has 0 saturated heterocycles. The van der Waals surface area contributed by atoms with Crippen LogP contribution in [0.3, 0.4) is 0 Å². The lowest BCUT2D eigenvalue weighted by molar-refractivity contribution is 0.102. The van der Waals surface area contributed by atoms with Crippen molar-refractivity contribution in [2.24, 2.45) is 0 Å². The van der Waals surface area contributed by atoms with Crippen molar-refractivity contribution in [3.63, 3.8) is 0 Å². The number of nitrogens with zero attached hydrogens (tertiary/aromatic N) is 3. The van der Waals surface area contributed by atoms with Gasteiger partial charge in [-0.25, -0.2) is 0 Å². The smallest absolute Gasteiger partial charge is 0.258 e. The molecule has 15 heavy (non-hydrogen) atoms. The molecule has 0 aliphatic heterocycles. The van der Waals surface area contributed by atoms with E-state index >= 15 is 0 Å². The molecule has 0 saturated carbocycles. The van der Waals surface area contributed by atoms with Crippen LogP contribution in [0.2, 0.25) is 0 Å². The van der Waals surface area contributed by atoms with E-state index in [1.807, 2.05) is 6.92 Å². The van der Waals surface area contributed by atoms with Crippen molar-refractivity contribution in [1.82, 2.24) is 20.4 Å². The van der Waals surface area contributed by atoms with E-state index in [4.69, 9.17) is 0 Å². The van der Waals surface area contributed by atoms with Crippen LogP contribution in [0.1, 0.15) is 15.9 Å². The van der Waals surface area contributed by atoms with Gasteiger partial charge >= 0.3 is 0 Å². The molecule has 0 aromatic carbocycles. The fourth-order valence-electron chi connectivity index (χ4n) is 1.08. The molecule has 0 bridgehead atoms. The lowest BCUT2D eigenvalue weighted by atomic mass is 10.3. The molecule has 0 spiro atoms. The highest BCUT2D eigenvalue weighted by Gasteiger charge is 2.08. The highest BCUT2D eigenvalue weighted by atomic mass is 16.1. The number of nitrogens with one attached hydrogen (secondary N) is 2. The molecule has 1 amide bonds. The number of rotatable bonds is 2. The van der Waals surface area contributed by atoms with Crippen molar-refractivity contribution in [1.29, 1.82) is 0 Å². The van der Waals surface area contributed by atoms with Crippen LogP contribution in [0.5, 0.6) is 0 Å². The van der Waals surface area contributed by atoms with E-state index in [1.165, 1.54) is 12.4 Å². The van der Waals surface area contributed by atoms with Gasteiger partial charge in [0.15, 0.2) is 0 Å². The summed E-state index contributed by atoms with van der Waals surface area (Å²) in [6.45, 7) is 1.85. The number of carbonyl (C=O) groups excluding carboxylic acids is 1. The summed E-state index contributed by atoms with van der Waals surface area (Å²) in [4.78, 5) is 11.6. The van der Waals surface area contributed by atoms with Crippen LogP contribution >= 0.6 is 0 Å². The first-order chi connectivity index (χ1) is 7.27. The van der Waals surface area contributed by atoms with Crippen LogP contribution in [0.25, 0.3) is 0 Å². The summed E-state index contributed by atoms with van der Waals surface area (Å²) in [6.07, 6.45) is 4.51. The molecule has 6 heteroatoms. The summed E-state index contributed by atoms with van der Waals surface area (Å²) in [5, 5.41) is 16.4. The predicted molar refractivity (Wildman–Crippen MR) is 53.3 cm³/mol. The predicted octanol–water partition coefficient (Wildman–Crippen LogP) is 0.760. The molecule has 2 aromatic heterocycles. The van der Waals surface area contributed by atoms with E-state index < -0.39 is 0 Å². The Kier molecular flexibility index (Phi) is 2.40. The van der Waals surface area contributed by atoms with E-state index in [0.29, 0.717) is 11.4 Å². The molecule has 2 rings (SSSR count). The Bertz CT molecular complexity index is 464. The fourth-order valence-corrected chi connectivity index (χ4v) is 1.08. The third-order valence-corrected chi connectivity index (χ3v) is 1.91. The summed E-state index contributed by atoms with van der Waals surface area (Å²) in [6, 6.07) is 1.59. The minimum atomic E-state index is -0.239. The second-order valence-electron chi connectivity index (χ2n) is 3.01. The number of anilines is 1. The zero-order chi connectivity index (χ0) is 10.7. The number of aryl methyl sites for hydroxylation is 1. The minimum absolute atomic E-state index is 0.239. The summed E-state index contributed by atoms with van der Waals surface area (Å²) in [7, 11) is 0. The van der Waals surface area contributed by atoms with Crippen molar-refractivity contribution < 1.29 is 4.79 Å². The maximum atomic E-state index is 11.6. The van der Waals surface area contributed by atoms with Crippen molar-refractivity contribution in [2.75, 3.05) is 5.32 Å². The standard InChI is InChI=1S/C9H9N5O/c1-6-4-12-14-8(6)13-9(15)7-2-3-10-11-5-7/h2-5H,1H3,(H2,12,13,14,15). The number of H-pyrrole nitrogens is 1. The maximum Gasteiger partial charge on any atom is 0.258 e. The SMILES string of the molecule is Cc1cn[nH]c1NC(=O)c1ccnnc1. The van der Waals surface area contributed by atoms with E-state index in [0.717, 1.165) is 5.56 Å². The van der Waals surface area contributed by atoms with Gasteiger partial charge < -0.3 is 5.32 Å². The Morgan fingerprint density at radius 2 is 2.27 bits per heavy atom. The second-order valence-corrected chi connectivity index (χ2v) is 3.01. The van der Waals surface area contributed by atoms with Gasteiger partial charge in [-0.15, -0.1) is 0 Å².